The first kappa shape index (κ1) is 18.8. The van der Waals surface area contributed by atoms with E-state index in [0.29, 0.717) is 16.1 Å². The second kappa shape index (κ2) is 8.20. The molecule has 4 aromatic rings. The molecule has 0 aliphatic heterocycles. The molecular formula is C22H15FN2O3S. The molecule has 2 aromatic heterocycles. The van der Waals surface area contributed by atoms with Crippen molar-refractivity contribution < 1.29 is 18.7 Å². The average Bonchev–Trinajstić information content (AvgIpc) is 3.43. The lowest BCUT2D eigenvalue weighted by atomic mass is 10.1. The van der Waals surface area contributed by atoms with E-state index in [4.69, 9.17) is 4.74 Å². The van der Waals surface area contributed by atoms with Gasteiger partial charge in [0, 0.05) is 11.8 Å². The van der Waals surface area contributed by atoms with Gasteiger partial charge in [-0.25, -0.2) is 13.9 Å². The lowest BCUT2D eigenvalue weighted by Gasteiger charge is -2.04. The third-order valence-corrected chi connectivity index (χ3v) is 5.11. The van der Waals surface area contributed by atoms with Crippen molar-refractivity contribution in [1.29, 1.82) is 0 Å². The third-order valence-electron chi connectivity index (χ3n) is 4.20. The molecule has 0 fully saturated rings. The minimum atomic E-state index is -0.670. The maximum atomic E-state index is 13.3. The molecular weight excluding hydrogens is 391 g/mol. The molecule has 0 saturated carbocycles. The predicted octanol–water partition coefficient (Wildman–Crippen LogP) is 4.78. The van der Waals surface area contributed by atoms with Gasteiger partial charge in [-0.15, -0.1) is 11.3 Å². The monoisotopic (exact) mass is 406 g/mol. The number of aromatic nitrogens is 2. The molecule has 0 saturated heterocycles. The molecule has 29 heavy (non-hydrogen) atoms. The van der Waals surface area contributed by atoms with Gasteiger partial charge in [-0.05, 0) is 47.8 Å². The van der Waals surface area contributed by atoms with Crippen LogP contribution in [-0.4, -0.2) is 28.1 Å². The molecule has 0 amide bonds. The summed E-state index contributed by atoms with van der Waals surface area (Å²) >= 11 is 1.29. The van der Waals surface area contributed by atoms with Crippen LogP contribution in [0.2, 0.25) is 0 Å². The molecule has 0 atom stereocenters. The zero-order valence-corrected chi connectivity index (χ0v) is 15.9. The highest BCUT2D eigenvalue weighted by Crippen LogP contribution is 2.25. The number of hydrogen-bond acceptors (Lipinski definition) is 5. The number of carbonyl (C=O) groups is 2. The van der Waals surface area contributed by atoms with Gasteiger partial charge in [-0.3, -0.25) is 4.79 Å². The van der Waals surface area contributed by atoms with Crippen molar-refractivity contribution in [1.82, 2.24) is 9.78 Å². The van der Waals surface area contributed by atoms with E-state index in [1.807, 2.05) is 30.3 Å². The number of nitrogens with zero attached hydrogens (tertiary/aromatic N) is 2. The van der Waals surface area contributed by atoms with Gasteiger partial charge in [-0.2, -0.15) is 5.10 Å². The molecule has 2 heterocycles. The highest BCUT2D eigenvalue weighted by atomic mass is 32.1. The van der Waals surface area contributed by atoms with Crippen LogP contribution in [0.5, 0.6) is 0 Å². The summed E-state index contributed by atoms with van der Waals surface area (Å²) in [6.07, 6.45) is 1.55. The molecule has 2 aromatic carbocycles. The Morgan fingerprint density at radius 3 is 2.45 bits per heavy atom. The average molecular weight is 406 g/mol. The molecule has 4 rings (SSSR count). The number of thiophene rings is 1. The SMILES string of the molecule is O=C(COC(=O)c1cn(-c2ccccc2)nc1-c1ccc(F)cc1)c1cccs1. The van der Waals surface area contributed by atoms with Crippen molar-refractivity contribution in [2.45, 2.75) is 0 Å². The van der Waals surface area contributed by atoms with E-state index < -0.39 is 5.97 Å². The van der Waals surface area contributed by atoms with Crippen LogP contribution in [0.1, 0.15) is 20.0 Å². The Morgan fingerprint density at radius 2 is 1.76 bits per heavy atom. The van der Waals surface area contributed by atoms with Crippen molar-refractivity contribution in [2.75, 3.05) is 6.61 Å². The fourth-order valence-electron chi connectivity index (χ4n) is 2.77. The second-order valence-electron chi connectivity index (χ2n) is 6.16. The fourth-order valence-corrected chi connectivity index (χ4v) is 3.43. The number of halogens is 1. The number of Topliss-reactive ketones (excluding diaryl/α,β-unsaturated/α-hetero) is 1. The summed E-state index contributed by atoms with van der Waals surface area (Å²) in [5.41, 5.74) is 1.86. The van der Waals surface area contributed by atoms with Crippen molar-refractivity contribution in [3.63, 3.8) is 0 Å². The van der Waals surface area contributed by atoms with Crippen LogP contribution in [0, 0.1) is 5.82 Å². The smallest absolute Gasteiger partial charge is 0.342 e. The van der Waals surface area contributed by atoms with Crippen molar-refractivity contribution in [3.05, 3.63) is 94.6 Å². The van der Waals surface area contributed by atoms with Gasteiger partial charge in [0.05, 0.1) is 10.6 Å². The molecule has 0 aliphatic carbocycles. The normalized spacial score (nSPS) is 10.7. The van der Waals surface area contributed by atoms with E-state index in [1.165, 1.54) is 23.5 Å². The molecule has 0 aliphatic rings. The van der Waals surface area contributed by atoms with Crippen LogP contribution < -0.4 is 0 Å². The Bertz CT molecular complexity index is 1140. The minimum Gasteiger partial charge on any atom is -0.454 e. The highest BCUT2D eigenvalue weighted by molar-refractivity contribution is 7.12. The Morgan fingerprint density at radius 1 is 1.00 bits per heavy atom. The van der Waals surface area contributed by atoms with E-state index in [2.05, 4.69) is 5.10 Å². The summed E-state index contributed by atoms with van der Waals surface area (Å²) in [7, 11) is 0. The van der Waals surface area contributed by atoms with Crippen LogP contribution in [0.4, 0.5) is 4.39 Å². The van der Waals surface area contributed by atoms with Gasteiger partial charge >= 0.3 is 5.97 Å². The first-order valence-electron chi connectivity index (χ1n) is 8.76. The number of rotatable bonds is 6. The topological polar surface area (TPSA) is 61.2 Å². The summed E-state index contributed by atoms with van der Waals surface area (Å²) < 4.78 is 20.1. The maximum absolute atomic E-state index is 13.3. The second-order valence-corrected chi connectivity index (χ2v) is 7.10. The summed E-state index contributed by atoms with van der Waals surface area (Å²) in [6, 6.07) is 18.4. The Balaban J connectivity index is 1.65. The van der Waals surface area contributed by atoms with Gasteiger partial charge in [0.25, 0.3) is 0 Å². The quantitative estimate of drug-likeness (QED) is 0.342. The summed E-state index contributed by atoms with van der Waals surface area (Å²) in [5.74, 6) is -1.33. The molecule has 0 bridgehead atoms. The third kappa shape index (κ3) is 4.14. The largest absolute Gasteiger partial charge is 0.454 e. The summed E-state index contributed by atoms with van der Waals surface area (Å²) in [4.78, 5) is 25.4. The van der Waals surface area contributed by atoms with E-state index in [0.717, 1.165) is 5.69 Å². The van der Waals surface area contributed by atoms with Gasteiger partial charge in [-0.1, -0.05) is 24.3 Å². The Kier molecular flexibility index (Phi) is 5.31. The molecule has 7 heteroatoms. The Hall–Kier alpha value is -3.58. The zero-order valence-electron chi connectivity index (χ0n) is 15.1. The maximum Gasteiger partial charge on any atom is 0.342 e. The van der Waals surface area contributed by atoms with Crippen LogP contribution in [-0.2, 0) is 4.74 Å². The standard InChI is InChI=1S/C22H15FN2O3S/c23-16-10-8-15(9-11-16)21-18(13-25(24-21)17-5-2-1-3-6-17)22(27)28-14-19(26)20-7-4-12-29-20/h1-13H,14H2. The van der Waals surface area contributed by atoms with Crippen molar-refractivity contribution in [2.24, 2.45) is 0 Å². The first-order valence-corrected chi connectivity index (χ1v) is 9.64. The summed E-state index contributed by atoms with van der Waals surface area (Å²) in [6.45, 7) is -0.362. The number of carbonyl (C=O) groups excluding carboxylic acids is 2. The van der Waals surface area contributed by atoms with Gasteiger partial charge in [0.1, 0.15) is 17.1 Å². The van der Waals surface area contributed by atoms with Gasteiger partial charge < -0.3 is 4.74 Å². The number of esters is 1. The van der Waals surface area contributed by atoms with Gasteiger partial charge in [0.15, 0.2) is 6.61 Å². The van der Waals surface area contributed by atoms with Crippen LogP contribution in [0.15, 0.2) is 78.3 Å². The number of benzene rings is 2. The zero-order chi connectivity index (χ0) is 20.2. The molecule has 144 valence electrons. The number of ketones is 1. The predicted molar refractivity (Wildman–Crippen MR) is 108 cm³/mol. The lowest BCUT2D eigenvalue weighted by molar-refractivity contribution is 0.0476. The number of hydrogen-bond donors (Lipinski definition) is 0. The van der Waals surface area contributed by atoms with E-state index in [1.54, 1.807) is 40.5 Å². The number of ether oxygens (including phenoxy) is 1. The van der Waals surface area contributed by atoms with E-state index >= 15 is 0 Å². The van der Waals surface area contributed by atoms with E-state index in [9.17, 15) is 14.0 Å². The molecule has 5 nitrogen and oxygen atoms in total. The molecule has 0 spiro atoms. The summed E-state index contributed by atoms with van der Waals surface area (Å²) in [5, 5.41) is 6.27. The molecule has 0 radical (unpaired) electrons. The first-order chi connectivity index (χ1) is 14.1. The van der Waals surface area contributed by atoms with E-state index in [-0.39, 0.29) is 23.8 Å². The van der Waals surface area contributed by atoms with Crippen LogP contribution >= 0.6 is 11.3 Å². The Labute approximate surface area is 170 Å². The molecule has 0 N–H and O–H groups in total. The lowest BCUT2D eigenvalue weighted by Crippen LogP contribution is -2.13. The van der Waals surface area contributed by atoms with Gasteiger partial charge in [0.2, 0.25) is 5.78 Å². The molecule has 0 unspecified atom stereocenters. The van der Waals surface area contributed by atoms with Crippen molar-refractivity contribution >= 4 is 23.1 Å². The van der Waals surface area contributed by atoms with Crippen molar-refractivity contribution in [3.8, 4) is 16.9 Å². The highest BCUT2D eigenvalue weighted by Gasteiger charge is 2.21. The fraction of sp³-hybridized carbons (Fsp3) is 0.0455. The minimum absolute atomic E-state index is 0.194. The van der Waals surface area contributed by atoms with Crippen LogP contribution in [0.3, 0.4) is 0 Å². The van der Waals surface area contributed by atoms with Crippen LogP contribution in [0.25, 0.3) is 16.9 Å². The number of para-hydroxylation sites is 1.